The molecule has 2 aromatic heterocycles. The summed E-state index contributed by atoms with van der Waals surface area (Å²) in [6.07, 6.45) is 1.82. The summed E-state index contributed by atoms with van der Waals surface area (Å²) in [5, 5.41) is 3.07. The second kappa shape index (κ2) is 3.35. The minimum atomic E-state index is 0.621. The molecule has 2 rings (SSSR count). The molecule has 2 N–H and O–H groups in total. The number of hydrogen-bond acceptors (Lipinski definition) is 4. The highest BCUT2D eigenvalue weighted by atomic mass is 32.1. The fourth-order valence-electron chi connectivity index (χ4n) is 0.948. The molecule has 0 aromatic carbocycles. The number of hydrogen-bond donors (Lipinski definition) is 1. The first kappa shape index (κ1) is 7.91. The summed E-state index contributed by atoms with van der Waals surface area (Å²) in [7, 11) is 0. The summed E-state index contributed by atoms with van der Waals surface area (Å²) >= 11 is 3.37. The molecule has 4 heteroatoms. The molecule has 0 saturated carbocycles. The molecule has 0 aliphatic rings. The first-order valence-corrected chi connectivity index (χ1v) is 5.28. The average molecular weight is 196 g/mol. The second-order valence-electron chi connectivity index (χ2n) is 2.31. The topological polar surface area (TPSA) is 38.9 Å². The van der Waals surface area contributed by atoms with Gasteiger partial charge in [-0.1, -0.05) is 0 Å². The molecule has 0 aliphatic carbocycles. The number of aromatic nitrogens is 1. The largest absolute Gasteiger partial charge is 0.326 e. The Morgan fingerprint density at radius 3 is 2.92 bits per heavy atom. The first-order chi connectivity index (χ1) is 5.90. The van der Waals surface area contributed by atoms with Crippen LogP contribution in [-0.4, -0.2) is 4.98 Å². The Labute approximate surface area is 78.7 Å². The van der Waals surface area contributed by atoms with Crippen LogP contribution in [0.4, 0.5) is 0 Å². The van der Waals surface area contributed by atoms with Crippen LogP contribution in [0.25, 0.3) is 9.88 Å². The van der Waals surface area contributed by atoms with Crippen molar-refractivity contribution in [1.29, 1.82) is 0 Å². The van der Waals surface area contributed by atoms with Gasteiger partial charge in [-0.15, -0.1) is 22.7 Å². The van der Waals surface area contributed by atoms with E-state index < -0.39 is 0 Å². The zero-order valence-corrected chi connectivity index (χ0v) is 7.99. The van der Waals surface area contributed by atoms with Gasteiger partial charge in [0.05, 0.1) is 4.88 Å². The Hall–Kier alpha value is -0.710. The van der Waals surface area contributed by atoms with Crippen molar-refractivity contribution in [3.05, 3.63) is 28.6 Å². The maximum absolute atomic E-state index is 5.51. The molecule has 0 unspecified atom stereocenters. The van der Waals surface area contributed by atoms with E-state index in [0.29, 0.717) is 6.54 Å². The number of thiazole rings is 1. The van der Waals surface area contributed by atoms with Gasteiger partial charge in [-0.3, -0.25) is 0 Å². The van der Waals surface area contributed by atoms with Crippen LogP contribution in [0.15, 0.2) is 23.7 Å². The second-order valence-corrected chi connectivity index (χ2v) is 4.37. The Balaban J connectivity index is 2.35. The van der Waals surface area contributed by atoms with Gasteiger partial charge in [0, 0.05) is 23.0 Å². The van der Waals surface area contributed by atoms with E-state index in [4.69, 9.17) is 5.73 Å². The predicted octanol–water partition coefficient (Wildman–Crippen LogP) is 2.33. The van der Waals surface area contributed by atoms with Crippen LogP contribution in [-0.2, 0) is 6.54 Å². The van der Waals surface area contributed by atoms with Crippen LogP contribution >= 0.6 is 22.7 Å². The van der Waals surface area contributed by atoms with Gasteiger partial charge in [0.25, 0.3) is 0 Å². The molecule has 0 atom stereocenters. The predicted molar refractivity (Wildman–Crippen MR) is 53.3 cm³/mol. The fourth-order valence-corrected chi connectivity index (χ4v) is 2.55. The lowest BCUT2D eigenvalue weighted by molar-refractivity contribution is 1.11. The molecule has 0 saturated heterocycles. The van der Waals surface area contributed by atoms with Gasteiger partial charge >= 0.3 is 0 Å². The molecule has 2 nitrogen and oxygen atoms in total. The normalized spacial score (nSPS) is 10.4. The van der Waals surface area contributed by atoms with Gasteiger partial charge in [-0.25, -0.2) is 4.98 Å². The Morgan fingerprint density at radius 2 is 2.33 bits per heavy atom. The van der Waals surface area contributed by atoms with Crippen molar-refractivity contribution >= 4 is 22.7 Å². The zero-order valence-electron chi connectivity index (χ0n) is 6.36. The Kier molecular flexibility index (Phi) is 2.21. The van der Waals surface area contributed by atoms with Crippen LogP contribution in [0.3, 0.4) is 0 Å². The van der Waals surface area contributed by atoms with E-state index in [1.165, 1.54) is 9.75 Å². The molecular weight excluding hydrogens is 188 g/mol. The Bertz CT molecular complexity index is 351. The lowest BCUT2D eigenvalue weighted by Gasteiger charge is -1.86. The summed E-state index contributed by atoms with van der Waals surface area (Å²) in [6, 6.07) is 4.13. The minimum absolute atomic E-state index is 0.621. The van der Waals surface area contributed by atoms with E-state index in [1.54, 1.807) is 22.7 Å². The van der Waals surface area contributed by atoms with E-state index >= 15 is 0 Å². The summed E-state index contributed by atoms with van der Waals surface area (Å²) in [4.78, 5) is 6.64. The quantitative estimate of drug-likeness (QED) is 0.800. The van der Waals surface area contributed by atoms with Crippen LogP contribution in [0.5, 0.6) is 0 Å². The van der Waals surface area contributed by atoms with E-state index in [9.17, 15) is 0 Å². The third kappa shape index (κ3) is 1.41. The van der Waals surface area contributed by atoms with E-state index in [-0.39, 0.29) is 0 Å². The van der Waals surface area contributed by atoms with Crippen molar-refractivity contribution in [2.24, 2.45) is 5.73 Å². The minimum Gasteiger partial charge on any atom is -0.326 e. The summed E-state index contributed by atoms with van der Waals surface area (Å²) in [5.74, 6) is 0. The molecule has 62 valence electrons. The monoisotopic (exact) mass is 196 g/mol. The molecule has 12 heavy (non-hydrogen) atoms. The molecule has 0 spiro atoms. The van der Waals surface area contributed by atoms with E-state index in [1.807, 2.05) is 11.6 Å². The molecule has 0 fully saturated rings. The average Bonchev–Trinajstić information content (AvgIpc) is 2.75. The van der Waals surface area contributed by atoms with Crippen LogP contribution in [0.1, 0.15) is 4.88 Å². The highest BCUT2D eigenvalue weighted by Gasteiger charge is 2.02. The smallest absolute Gasteiger partial charge is 0.133 e. The maximum atomic E-state index is 5.51. The van der Waals surface area contributed by atoms with Gasteiger partial charge in [0.1, 0.15) is 5.01 Å². The van der Waals surface area contributed by atoms with Crippen LogP contribution in [0, 0.1) is 0 Å². The molecule has 0 radical (unpaired) electrons. The highest BCUT2D eigenvalue weighted by molar-refractivity contribution is 7.21. The van der Waals surface area contributed by atoms with E-state index in [0.717, 1.165) is 5.01 Å². The van der Waals surface area contributed by atoms with Crippen molar-refractivity contribution in [2.75, 3.05) is 0 Å². The van der Waals surface area contributed by atoms with Crippen LogP contribution < -0.4 is 5.73 Å². The third-order valence-corrected chi connectivity index (χ3v) is 3.56. The van der Waals surface area contributed by atoms with E-state index in [2.05, 4.69) is 17.1 Å². The van der Waals surface area contributed by atoms with Crippen molar-refractivity contribution in [3.8, 4) is 9.88 Å². The molecule has 2 heterocycles. The zero-order chi connectivity index (χ0) is 8.39. The fraction of sp³-hybridized carbons (Fsp3) is 0.125. The molecule has 2 aromatic rings. The number of nitrogens with two attached hydrogens (primary N) is 1. The first-order valence-electron chi connectivity index (χ1n) is 3.59. The summed E-state index contributed by atoms with van der Waals surface area (Å²) < 4.78 is 0. The lowest BCUT2D eigenvalue weighted by atomic mass is 10.4. The molecular formula is C8H8N2S2. The maximum Gasteiger partial charge on any atom is 0.133 e. The van der Waals surface area contributed by atoms with Gasteiger partial charge < -0.3 is 5.73 Å². The van der Waals surface area contributed by atoms with Crippen molar-refractivity contribution < 1.29 is 0 Å². The molecule has 0 bridgehead atoms. The molecule has 0 amide bonds. The van der Waals surface area contributed by atoms with Gasteiger partial charge in [-0.05, 0) is 12.1 Å². The van der Waals surface area contributed by atoms with Crippen molar-refractivity contribution in [3.63, 3.8) is 0 Å². The van der Waals surface area contributed by atoms with Crippen LogP contribution in [0.2, 0.25) is 0 Å². The van der Waals surface area contributed by atoms with Gasteiger partial charge in [0.15, 0.2) is 0 Å². The van der Waals surface area contributed by atoms with Crippen molar-refractivity contribution in [2.45, 2.75) is 6.54 Å². The summed E-state index contributed by atoms with van der Waals surface area (Å²) in [6.45, 7) is 0.621. The summed E-state index contributed by atoms with van der Waals surface area (Å²) in [5.41, 5.74) is 5.51. The number of rotatable bonds is 2. The third-order valence-electron chi connectivity index (χ3n) is 1.51. The van der Waals surface area contributed by atoms with Gasteiger partial charge in [0.2, 0.25) is 0 Å². The highest BCUT2D eigenvalue weighted by Crippen LogP contribution is 2.28. The van der Waals surface area contributed by atoms with Gasteiger partial charge in [-0.2, -0.15) is 0 Å². The number of thiophene rings is 1. The lowest BCUT2D eigenvalue weighted by Crippen LogP contribution is -1.90. The molecule has 0 aliphatic heterocycles. The standard InChI is InChI=1S/C8H8N2S2/c9-5-6-1-2-7(12-6)8-10-3-4-11-8/h1-4H,5,9H2. The van der Waals surface area contributed by atoms with Crippen molar-refractivity contribution in [1.82, 2.24) is 4.98 Å². The SMILES string of the molecule is NCc1ccc(-c2nccs2)s1. The Morgan fingerprint density at radius 1 is 1.42 bits per heavy atom. The number of nitrogens with zero attached hydrogens (tertiary/aromatic N) is 1.